The summed E-state index contributed by atoms with van der Waals surface area (Å²) in [5.41, 5.74) is 2.48. The number of hydrogen-bond acceptors (Lipinski definition) is 3. The molecule has 16 heavy (non-hydrogen) atoms. The Hall–Kier alpha value is -1.09. The number of pyridine rings is 1. The fourth-order valence-electron chi connectivity index (χ4n) is 2.79. The molecular formula is C13H19N3. The maximum Gasteiger partial charge on any atom is 0.0556 e. The van der Waals surface area contributed by atoms with E-state index in [-0.39, 0.29) is 0 Å². The second kappa shape index (κ2) is 3.74. The summed E-state index contributed by atoms with van der Waals surface area (Å²) in [5.74, 6) is 0.519. The van der Waals surface area contributed by atoms with Crippen LogP contribution in [0.15, 0.2) is 18.3 Å². The topological polar surface area (TPSA) is 28.2 Å². The van der Waals surface area contributed by atoms with Crippen LogP contribution in [-0.4, -0.2) is 30.2 Å². The molecule has 0 spiro atoms. The third-order valence-corrected chi connectivity index (χ3v) is 3.75. The molecule has 0 saturated carbocycles. The maximum absolute atomic E-state index is 4.54. The van der Waals surface area contributed by atoms with Crippen molar-refractivity contribution in [1.82, 2.24) is 10.3 Å². The van der Waals surface area contributed by atoms with Gasteiger partial charge in [0.15, 0.2) is 0 Å². The van der Waals surface area contributed by atoms with Crippen molar-refractivity contribution >= 4 is 5.69 Å². The number of anilines is 1. The van der Waals surface area contributed by atoms with Crippen LogP contribution in [0.2, 0.25) is 0 Å². The van der Waals surface area contributed by atoms with Gasteiger partial charge in [0, 0.05) is 30.9 Å². The van der Waals surface area contributed by atoms with Gasteiger partial charge in [-0.15, -0.1) is 0 Å². The molecular weight excluding hydrogens is 198 g/mol. The highest BCUT2D eigenvalue weighted by molar-refractivity contribution is 5.48. The van der Waals surface area contributed by atoms with Gasteiger partial charge in [-0.2, -0.15) is 0 Å². The van der Waals surface area contributed by atoms with E-state index >= 15 is 0 Å². The number of nitrogens with zero attached hydrogens (tertiary/aromatic N) is 2. The molecule has 2 atom stereocenters. The highest BCUT2D eigenvalue weighted by Gasteiger charge is 2.37. The van der Waals surface area contributed by atoms with E-state index in [0.29, 0.717) is 18.0 Å². The van der Waals surface area contributed by atoms with E-state index in [0.717, 1.165) is 13.1 Å². The normalized spacial score (nSPS) is 28.1. The van der Waals surface area contributed by atoms with Gasteiger partial charge in [0.25, 0.3) is 0 Å². The van der Waals surface area contributed by atoms with E-state index in [2.05, 4.69) is 41.2 Å². The third kappa shape index (κ3) is 1.59. The Bertz CT molecular complexity index is 371. The molecule has 1 aromatic rings. The van der Waals surface area contributed by atoms with Crippen molar-refractivity contribution in [3.63, 3.8) is 0 Å². The van der Waals surface area contributed by atoms with Crippen LogP contribution >= 0.6 is 0 Å². The molecule has 1 aromatic heterocycles. The first-order valence-electron chi connectivity index (χ1n) is 6.20. The SMILES string of the molecule is CC(C)c1ccc(N2CC3C[C@@H]2CN3)cn1. The number of aromatic nitrogens is 1. The molecule has 0 aromatic carbocycles. The summed E-state index contributed by atoms with van der Waals surface area (Å²) in [6.07, 6.45) is 3.34. The lowest BCUT2D eigenvalue weighted by Gasteiger charge is -2.29. The van der Waals surface area contributed by atoms with Crippen LogP contribution in [0.1, 0.15) is 31.9 Å². The van der Waals surface area contributed by atoms with Crippen LogP contribution in [0.3, 0.4) is 0 Å². The van der Waals surface area contributed by atoms with E-state index in [1.54, 1.807) is 0 Å². The lowest BCUT2D eigenvalue weighted by atomic mass is 10.1. The first-order valence-corrected chi connectivity index (χ1v) is 6.20. The van der Waals surface area contributed by atoms with Gasteiger partial charge in [-0.1, -0.05) is 13.8 Å². The highest BCUT2D eigenvalue weighted by Crippen LogP contribution is 2.29. The quantitative estimate of drug-likeness (QED) is 0.818. The van der Waals surface area contributed by atoms with Gasteiger partial charge in [-0.3, -0.25) is 4.98 Å². The largest absolute Gasteiger partial charge is 0.364 e. The second-order valence-electron chi connectivity index (χ2n) is 5.24. The van der Waals surface area contributed by atoms with Crippen LogP contribution in [-0.2, 0) is 0 Å². The van der Waals surface area contributed by atoms with E-state index in [9.17, 15) is 0 Å². The average Bonchev–Trinajstić information content (AvgIpc) is 2.91. The average molecular weight is 217 g/mol. The summed E-state index contributed by atoms with van der Waals surface area (Å²) in [4.78, 5) is 7.04. The standard InChI is InChI=1S/C13H19N3/c1-9(2)13-4-3-11(6-15-13)16-8-10-5-12(16)7-14-10/h3-4,6,9-10,12,14H,5,7-8H2,1-2H3/t10?,12-/m1/s1. The number of fused-ring (bicyclic) bond motifs is 2. The highest BCUT2D eigenvalue weighted by atomic mass is 15.3. The van der Waals surface area contributed by atoms with Crippen LogP contribution in [0.4, 0.5) is 5.69 Å². The zero-order chi connectivity index (χ0) is 11.1. The summed E-state index contributed by atoms with van der Waals surface area (Å²) in [6.45, 7) is 6.65. The molecule has 2 saturated heterocycles. The zero-order valence-corrected chi connectivity index (χ0v) is 9.98. The Balaban J connectivity index is 1.80. The van der Waals surface area contributed by atoms with Crippen molar-refractivity contribution in [2.24, 2.45) is 0 Å². The Kier molecular flexibility index (Phi) is 2.36. The fraction of sp³-hybridized carbons (Fsp3) is 0.615. The van der Waals surface area contributed by atoms with E-state index in [4.69, 9.17) is 0 Å². The maximum atomic E-state index is 4.54. The molecule has 2 bridgehead atoms. The van der Waals surface area contributed by atoms with Crippen molar-refractivity contribution in [2.75, 3.05) is 18.0 Å². The minimum Gasteiger partial charge on any atom is -0.364 e. The van der Waals surface area contributed by atoms with Gasteiger partial charge in [0.05, 0.1) is 11.9 Å². The molecule has 3 rings (SSSR count). The van der Waals surface area contributed by atoms with Gasteiger partial charge < -0.3 is 10.2 Å². The zero-order valence-electron chi connectivity index (χ0n) is 9.98. The van der Waals surface area contributed by atoms with E-state index in [1.807, 2.05) is 6.20 Å². The van der Waals surface area contributed by atoms with Crippen LogP contribution in [0.5, 0.6) is 0 Å². The summed E-state index contributed by atoms with van der Waals surface area (Å²) in [6, 6.07) is 5.79. The first-order chi connectivity index (χ1) is 7.74. The van der Waals surface area contributed by atoms with Crippen LogP contribution in [0.25, 0.3) is 0 Å². The number of nitrogens with one attached hydrogen (secondary N) is 1. The van der Waals surface area contributed by atoms with Gasteiger partial charge in [-0.25, -0.2) is 0 Å². The molecule has 3 nitrogen and oxygen atoms in total. The smallest absolute Gasteiger partial charge is 0.0556 e. The summed E-state index contributed by atoms with van der Waals surface area (Å²) in [7, 11) is 0. The Morgan fingerprint density at radius 3 is 2.81 bits per heavy atom. The van der Waals surface area contributed by atoms with Crippen molar-refractivity contribution in [3.05, 3.63) is 24.0 Å². The minimum atomic E-state index is 0.519. The molecule has 3 heterocycles. The summed E-state index contributed by atoms with van der Waals surface area (Å²) in [5, 5.41) is 3.52. The monoisotopic (exact) mass is 217 g/mol. The molecule has 3 heteroatoms. The molecule has 2 fully saturated rings. The lowest BCUT2D eigenvalue weighted by Crippen LogP contribution is -2.43. The molecule has 1 unspecified atom stereocenters. The summed E-state index contributed by atoms with van der Waals surface area (Å²) < 4.78 is 0. The Labute approximate surface area is 96.9 Å². The van der Waals surface area contributed by atoms with E-state index in [1.165, 1.54) is 17.8 Å². The van der Waals surface area contributed by atoms with Crippen LogP contribution in [0, 0.1) is 0 Å². The second-order valence-corrected chi connectivity index (χ2v) is 5.24. The third-order valence-electron chi connectivity index (χ3n) is 3.75. The Morgan fingerprint density at radius 1 is 1.44 bits per heavy atom. The predicted molar refractivity (Wildman–Crippen MR) is 65.9 cm³/mol. The van der Waals surface area contributed by atoms with Crippen LogP contribution < -0.4 is 10.2 Å². The Morgan fingerprint density at radius 2 is 2.31 bits per heavy atom. The predicted octanol–water partition coefficient (Wildman–Crippen LogP) is 1.76. The first kappa shape index (κ1) is 10.1. The minimum absolute atomic E-state index is 0.519. The van der Waals surface area contributed by atoms with Crippen molar-refractivity contribution < 1.29 is 0 Å². The molecule has 2 aliphatic heterocycles. The number of piperazine rings is 1. The molecule has 2 aliphatic rings. The van der Waals surface area contributed by atoms with Crippen molar-refractivity contribution in [3.8, 4) is 0 Å². The van der Waals surface area contributed by atoms with Gasteiger partial charge in [-0.05, 0) is 24.5 Å². The number of rotatable bonds is 2. The van der Waals surface area contributed by atoms with Gasteiger partial charge in [0.1, 0.15) is 0 Å². The fourth-order valence-corrected chi connectivity index (χ4v) is 2.79. The molecule has 0 aliphatic carbocycles. The molecule has 86 valence electrons. The molecule has 0 radical (unpaired) electrons. The summed E-state index contributed by atoms with van der Waals surface area (Å²) >= 11 is 0. The van der Waals surface area contributed by atoms with Gasteiger partial charge >= 0.3 is 0 Å². The molecule has 1 N–H and O–H groups in total. The van der Waals surface area contributed by atoms with Crippen molar-refractivity contribution in [1.29, 1.82) is 0 Å². The lowest BCUT2D eigenvalue weighted by molar-refractivity contribution is 0.579. The number of hydrogen-bond donors (Lipinski definition) is 1. The van der Waals surface area contributed by atoms with Gasteiger partial charge in [0.2, 0.25) is 0 Å². The van der Waals surface area contributed by atoms with Crippen molar-refractivity contribution in [2.45, 2.75) is 38.3 Å². The molecule has 0 amide bonds. The van der Waals surface area contributed by atoms with E-state index < -0.39 is 0 Å².